The number of aromatic nitrogens is 3. The molecule has 1 heterocycles. The summed E-state index contributed by atoms with van der Waals surface area (Å²) in [6.45, 7) is 3.45. The summed E-state index contributed by atoms with van der Waals surface area (Å²) in [6, 6.07) is 12.2. The predicted molar refractivity (Wildman–Crippen MR) is 112 cm³/mol. The van der Waals surface area contributed by atoms with Crippen LogP contribution in [0.4, 0.5) is 0 Å². The maximum atomic E-state index is 12.6. The van der Waals surface area contributed by atoms with E-state index in [1.165, 1.54) is 0 Å². The monoisotopic (exact) mass is 428 g/mol. The van der Waals surface area contributed by atoms with Crippen molar-refractivity contribution in [3.05, 3.63) is 69.5 Å². The van der Waals surface area contributed by atoms with Gasteiger partial charge in [0.05, 0.1) is 5.39 Å². The summed E-state index contributed by atoms with van der Waals surface area (Å²) >= 11 is 5.85. The fourth-order valence-electron chi connectivity index (χ4n) is 2.86. The largest absolute Gasteiger partial charge is 0.441 e. The van der Waals surface area contributed by atoms with Crippen LogP contribution in [0.1, 0.15) is 30.6 Å². The summed E-state index contributed by atoms with van der Waals surface area (Å²) in [7, 11) is 0. The quantitative estimate of drug-likeness (QED) is 0.580. The van der Waals surface area contributed by atoms with Crippen molar-refractivity contribution < 1.29 is 14.3 Å². The maximum Gasteiger partial charge on any atom is 0.330 e. The minimum Gasteiger partial charge on any atom is -0.441 e. The minimum atomic E-state index is -0.878. The third kappa shape index (κ3) is 5.21. The number of hydrogen-bond acceptors (Lipinski definition) is 6. The topological polar surface area (TPSA) is 103 Å². The van der Waals surface area contributed by atoms with Gasteiger partial charge in [0.25, 0.3) is 11.5 Å². The molecule has 0 radical (unpaired) electrons. The Morgan fingerprint density at radius 1 is 1.13 bits per heavy atom. The summed E-state index contributed by atoms with van der Waals surface area (Å²) in [4.78, 5) is 37.6. The highest BCUT2D eigenvalue weighted by Gasteiger charge is 2.24. The van der Waals surface area contributed by atoms with Crippen LogP contribution in [0.15, 0.2) is 53.3 Å². The molecule has 0 saturated heterocycles. The number of carbonyl (C=O) groups excluding carboxylic acids is 2. The number of carbonyl (C=O) groups is 2. The summed E-state index contributed by atoms with van der Waals surface area (Å²) < 4.78 is 6.23. The summed E-state index contributed by atoms with van der Waals surface area (Å²) in [5.41, 5.74) is 0.412. The lowest BCUT2D eigenvalue weighted by Crippen LogP contribution is -2.43. The Labute approximate surface area is 177 Å². The first-order chi connectivity index (χ1) is 14.3. The average molecular weight is 429 g/mol. The number of nitrogens with one attached hydrogen (secondary N) is 1. The lowest BCUT2D eigenvalue weighted by Gasteiger charge is -2.19. The van der Waals surface area contributed by atoms with Gasteiger partial charge in [-0.05, 0) is 48.7 Å². The number of benzene rings is 2. The molecule has 1 aromatic heterocycles. The third-order valence-electron chi connectivity index (χ3n) is 4.36. The third-order valence-corrected chi connectivity index (χ3v) is 4.61. The zero-order valence-corrected chi connectivity index (χ0v) is 17.3. The Balaban J connectivity index is 1.71. The molecule has 0 saturated carbocycles. The van der Waals surface area contributed by atoms with Gasteiger partial charge in [-0.25, -0.2) is 4.79 Å². The van der Waals surface area contributed by atoms with E-state index in [1.54, 1.807) is 48.5 Å². The van der Waals surface area contributed by atoms with E-state index in [4.69, 9.17) is 16.3 Å². The standard InChI is InChI=1S/C21H21ClN4O4/c1-13(2)11-18(23-19(27)14-7-9-15(22)10-8-14)21(29)30-12-26-20(28)16-5-3-4-6-17(16)24-25-26/h3-10,13,18H,11-12H2,1-2H3,(H,23,27)/t18-/m0/s1. The molecular weight excluding hydrogens is 408 g/mol. The van der Waals surface area contributed by atoms with Gasteiger partial charge >= 0.3 is 5.97 Å². The van der Waals surface area contributed by atoms with E-state index in [1.807, 2.05) is 13.8 Å². The molecule has 2 aromatic carbocycles. The average Bonchev–Trinajstić information content (AvgIpc) is 2.73. The van der Waals surface area contributed by atoms with E-state index in [0.29, 0.717) is 27.9 Å². The normalized spacial score (nSPS) is 12.0. The van der Waals surface area contributed by atoms with Crippen LogP contribution in [-0.4, -0.2) is 32.9 Å². The maximum absolute atomic E-state index is 12.6. The highest BCUT2D eigenvalue weighted by atomic mass is 35.5. The second-order valence-electron chi connectivity index (χ2n) is 7.17. The number of hydrogen-bond donors (Lipinski definition) is 1. The zero-order valence-electron chi connectivity index (χ0n) is 16.5. The number of amides is 1. The van der Waals surface area contributed by atoms with Gasteiger partial charge in [0.2, 0.25) is 0 Å². The summed E-state index contributed by atoms with van der Waals surface area (Å²) in [5.74, 6) is -0.957. The van der Waals surface area contributed by atoms with Crippen molar-refractivity contribution in [2.75, 3.05) is 0 Å². The number of esters is 1. The van der Waals surface area contributed by atoms with Gasteiger partial charge < -0.3 is 10.1 Å². The van der Waals surface area contributed by atoms with Crippen molar-refractivity contribution in [2.45, 2.75) is 33.0 Å². The highest BCUT2D eigenvalue weighted by Crippen LogP contribution is 2.12. The molecule has 1 N–H and O–H groups in total. The van der Waals surface area contributed by atoms with Crippen molar-refractivity contribution in [3.8, 4) is 0 Å². The Bertz CT molecular complexity index is 1110. The van der Waals surface area contributed by atoms with Crippen LogP contribution in [0.25, 0.3) is 10.9 Å². The first kappa shape index (κ1) is 21.4. The van der Waals surface area contributed by atoms with E-state index < -0.39 is 30.2 Å². The Morgan fingerprint density at radius 2 is 1.83 bits per heavy atom. The summed E-state index contributed by atoms with van der Waals surface area (Å²) in [5, 5.41) is 11.3. The van der Waals surface area contributed by atoms with E-state index in [-0.39, 0.29) is 5.92 Å². The molecule has 3 rings (SSSR count). The van der Waals surface area contributed by atoms with Gasteiger partial charge in [-0.2, -0.15) is 4.68 Å². The Morgan fingerprint density at radius 3 is 2.53 bits per heavy atom. The van der Waals surface area contributed by atoms with Crippen LogP contribution in [0.3, 0.4) is 0 Å². The second kappa shape index (κ2) is 9.49. The van der Waals surface area contributed by atoms with Gasteiger partial charge in [0, 0.05) is 10.6 Å². The molecule has 3 aromatic rings. The zero-order chi connectivity index (χ0) is 21.7. The highest BCUT2D eigenvalue weighted by molar-refractivity contribution is 6.30. The van der Waals surface area contributed by atoms with Gasteiger partial charge in [0.1, 0.15) is 11.6 Å². The molecule has 1 amide bonds. The van der Waals surface area contributed by atoms with Crippen LogP contribution in [0.5, 0.6) is 0 Å². The fourth-order valence-corrected chi connectivity index (χ4v) is 2.99. The number of fused-ring (bicyclic) bond motifs is 1. The molecule has 0 bridgehead atoms. The molecular formula is C21H21ClN4O4. The number of rotatable bonds is 7. The molecule has 9 heteroatoms. The van der Waals surface area contributed by atoms with E-state index in [0.717, 1.165) is 4.68 Å². The van der Waals surface area contributed by atoms with Gasteiger partial charge in [-0.15, -0.1) is 5.10 Å². The van der Waals surface area contributed by atoms with Crippen LogP contribution in [-0.2, 0) is 16.3 Å². The molecule has 0 unspecified atom stereocenters. The molecule has 0 fully saturated rings. The molecule has 0 aliphatic rings. The SMILES string of the molecule is CC(C)C[C@H](NC(=O)c1ccc(Cl)cc1)C(=O)OCn1nnc2ccccc2c1=O. The lowest BCUT2D eigenvalue weighted by molar-refractivity contribution is -0.150. The van der Waals surface area contributed by atoms with E-state index >= 15 is 0 Å². The van der Waals surface area contributed by atoms with Crippen molar-refractivity contribution in [1.82, 2.24) is 20.3 Å². The molecule has 0 aliphatic heterocycles. The van der Waals surface area contributed by atoms with E-state index in [2.05, 4.69) is 15.6 Å². The van der Waals surface area contributed by atoms with Crippen molar-refractivity contribution >= 4 is 34.4 Å². The van der Waals surface area contributed by atoms with Gasteiger partial charge in [-0.3, -0.25) is 9.59 Å². The van der Waals surface area contributed by atoms with Crippen LogP contribution in [0, 0.1) is 5.92 Å². The molecule has 8 nitrogen and oxygen atoms in total. The van der Waals surface area contributed by atoms with Gasteiger partial charge in [0.15, 0.2) is 6.73 Å². The fraction of sp³-hybridized carbons (Fsp3) is 0.286. The van der Waals surface area contributed by atoms with Crippen LogP contribution in [0.2, 0.25) is 5.02 Å². The smallest absolute Gasteiger partial charge is 0.330 e. The van der Waals surface area contributed by atoms with Crippen molar-refractivity contribution in [3.63, 3.8) is 0 Å². The number of ether oxygens (including phenoxy) is 1. The van der Waals surface area contributed by atoms with Crippen LogP contribution >= 0.6 is 11.6 Å². The van der Waals surface area contributed by atoms with E-state index in [9.17, 15) is 14.4 Å². The van der Waals surface area contributed by atoms with Crippen molar-refractivity contribution in [1.29, 1.82) is 0 Å². The predicted octanol–water partition coefficient (Wildman–Crippen LogP) is 2.79. The number of nitrogens with zero attached hydrogens (tertiary/aromatic N) is 3. The Kier molecular flexibility index (Phi) is 6.79. The summed E-state index contributed by atoms with van der Waals surface area (Å²) in [6.07, 6.45) is 0.371. The van der Waals surface area contributed by atoms with Gasteiger partial charge in [-0.1, -0.05) is 42.8 Å². The van der Waals surface area contributed by atoms with Crippen molar-refractivity contribution in [2.24, 2.45) is 5.92 Å². The first-order valence-corrected chi connectivity index (χ1v) is 9.78. The lowest BCUT2D eigenvalue weighted by atomic mass is 10.0. The van der Waals surface area contributed by atoms with Crippen LogP contribution < -0.4 is 10.9 Å². The first-order valence-electron chi connectivity index (χ1n) is 9.40. The molecule has 0 spiro atoms. The Hall–Kier alpha value is -3.26. The molecule has 1 atom stereocenters. The molecule has 0 aliphatic carbocycles. The second-order valence-corrected chi connectivity index (χ2v) is 7.60. The number of halogens is 1. The molecule has 156 valence electrons. The molecule has 30 heavy (non-hydrogen) atoms. The minimum absolute atomic E-state index is 0.122.